The zero-order chi connectivity index (χ0) is 38.0. The number of hydrogen-bond acceptors (Lipinski definition) is 2. The normalized spacial score (nSPS) is 11.1. The summed E-state index contributed by atoms with van der Waals surface area (Å²) in [7, 11) is -1.53. The van der Waals surface area contributed by atoms with Crippen LogP contribution < -0.4 is 5.46 Å². The summed E-state index contributed by atoms with van der Waals surface area (Å²) in [6.45, 7) is 0. The van der Waals surface area contributed by atoms with Crippen LogP contribution in [0.1, 0.15) is 0 Å². The highest BCUT2D eigenvalue weighted by atomic mass is 79.9. The molecule has 0 saturated carbocycles. The van der Waals surface area contributed by atoms with E-state index in [0.717, 1.165) is 42.7 Å². The lowest BCUT2D eigenvalue weighted by molar-refractivity contribution is 0.426. The number of fused-ring (bicyclic) bond motifs is 4. The number of hydrogen-bond donors (Lipinski definition) is 2. The van der Waals surface area contributed by atoms with Gasteiger partial charge in [0.15, 0.2) is 0 Å². The third-order valence-electron chi connectivity index (χ3n) is 10.6. The van der Waals surface area contributed by atoms with Gasteiger partial charge in [0.05, 0.1) is 0 Å². The molecule has 56 heavy (non-hydrogen) atoms. The Morgan fingerprint density at radius 3 is 0.946 bits per heavy atom. The van der Waals surface area contributed by atoms with Crippen LogP contribution in [0.15, 0.2) is 211 Å². The highest BCUT2D eigenvalue weighted by Gasteiger charge is 2.22. The summed E-state index contributed by atoms with van der Waals surface area (Å²) in [5.41, 5.74) is 10.1. The highest BCUT2D eigenvalue weighted by molar-refractivity contribution is 9.10. The third-order valence-corrected chi connectivity index (χ3v) is 11.5. The maximum absolute atomic E-state index is 10.1. The van der Waals surface area contributed by atoms with Crippen LogP contribution in [0.25, 0.3) is 87.6 Å². The van der Waals surface area contributed by atoms with Crippen LogP contribution in [-0.4, -0.2) is 17.2 Å². The molecule has 0 amide bonds. The Bertz CT molecular complexity index is 2900. The van der Waals surface area contributed by atoms with Crippen molar-refractivity contribution >= 4 is 71.6 Å². The molecule has 0 radical (unpaired) electrons. The van der Waals surface area contributed by atoms with E-state index >= 15 is 0 Å². The van der Waals surface area contributed by atoms with E-state index in [0.29, 0.717) is 5.46 Å². The molecule has 0 atom stereocenters. The monoisotopic (exact) mass is 782 g/mol. The summed E-state index contributed by atoms with van der Waals surface area (Å²) < 4.78 is 1.16. The molecule has 0 saturated heterocycles. The minimum atomic E-state index is -1.53. The van der Waals surface area contributed by atoms with Gasteiger partial charge in [0.2, 0.25) is 0 Å². The number of benzene rings is 10. The maximum Gasteiger partial charge on any atom is 0.489 e. The second kappa shape index (κ2) is 15.4. The highest BCUT2D eigenvalue weighted by Crippen LogP contribution is 2.42. The molecule has 4 heteroatoms. The Labute approximate surface area is 335 Å². The van der Waals surface area contributed by atoms with E-state index in [1.54, 1.807) is 0 Å². The lowest BCUT2D eigenvalue weighted by Crippen LogP contribution is -2.31. The fourth-order valence-electron chi connectivity index (χ4n) is 8.11. The summed E-state index contributed by atoms with van der Waals surface area (Å²) in [5, 5.41) is 29.0. The largest absolute Gasteiger partial charge is 0.489 e. The topological polar surface area (TPSA) is 40.5 Å². The molecule has 2 N–H and O–H groups in total. The fraction of sp³-hybridized carbons (Fsp3) is 0. The molecule has 266 valence electrons. The smallest absolute Gasteiger partial charge is 0.423 e. The molecular weight excluding hydrogens is 747 g/mol. The molecule has 0 spiro atoms. The Balaban J connectivity index is 0.000000147. The molecule has 10 aromatic rings. The first-order valence-electron chi connectivity index (χ1n) is 18.8. The van der Waals surface area contributed by atoms with E-state index in [-0.39, 0.29) is 0 Å². The predicted octanol–water partition coefficient (Wildman–Crippen LogP) is 13.1. The Kier molecular flexibility index (Phi) is 9.77. The number of rotatable bonds is 5. The second-order valence-corrected chi connectivity index (χ2v) is 14.7. The standard InChI is InChI=1S/C26H19BO2.C26H17Br/c28-27(29)26-23-15-6-4-13-21(23)25(22-14-5-7-16-24(22)26)20-12-8-11-19(17-20)18-9-2-1-3-10-18;27-26-23-15-6-4-13-21(23)25(22-14-5-7-16-24(22)26)20-12-8-11-19(17-20)18-9-2-1-3-10-18/h1-17,28-29H;1-17H. The quantitative estimate of drug-likeness (QED) is 0.135. The molecule has 2 nitrogen and oxygen atoms in total. The van der Waals surface area contributed by atoms with Crippen molar-refractivity contribution in [2.75, 3.05) is 0 Å². The van der Waals surface area contributed by atoms with Gasteiger partial charge in [-0.25, -0.2) is 0 Å². The zero-order valence-corrected chi connectivity index (χ0v) is 32.1. The van der Waals surface area contributed by atoms with Crippen molar-refractivity contribution in [1.29, 1.82) is 0 Å². The minimum Gasteiger partial charge on any atom is -0.423 e. The first-order valence-corrected chi connectivity index (χ1v) is 19.6. The third kappa shape index (κ3) is 6.59. The molecule has 0 aliphatic carbocycles. The van der Waals surface area contributed by atoms with Crippen LogP contribution in [0.2, 0.25) is 0 Å². The van der Waals surface area contributed by atoms with Crippen LogP contribution in [0.4, 0.5) is 0 Å². The van der Waals surface area contributed by atoms with Gasteiger partial charge in [-0.2, -0.15) is 0 Å². The van der Waals surface area contributed by atoms with Crippen molar-refractivity contribution in [3.63, 3.8) is 0 Å². The molecule has 0 aliphatic heterocycles. The van der Waals surface area contributed by atoms with Gasteiger partial charge in [-0.05, 0) is 121 Å². The van der Waals surface area contributed by atoms with Crippen LogP contribution >= 0.6 is 15.9 Å². The minimum absolute atomic E-state index is 0.555. The Morgan fingerprint density at radius 1 is 0.286 bits per heavy atom. The fourth-order valence-corrected chi connectivity index (χ4v) is 8.80. The van der Waals surface area contributed by atoms with Gasteiger partial charge in [0, 0.05) is 4.47 Å². The Morgan fingerprint density at radius 2 is 0.571 bits per heavy atom. The summed E-state index contributed by atoms with van der Waals surface area (Å²) in [4.78, 5) is 0. The lowest BCUT2D eigenvalue weighted by atomic mass is 9.72. The van der Waals surface area contributed by atoms with E-state index in [1.807, 2.05) is 54.6 Å². The molecule has 0 bridgehead atoms. The molecule has 0 heterocycles. The van der Waals surface area contributed by atoms with Gasteiger partial charge in [-0.3, -0.25) is 0 Å². The first kappa shape index (κ1) is 35.4. The molecule has 0 aliphatic rings. The van der Waals surface area contributed by atoms with Crippen molar-refractivity contribution in [3.05, 3.63) is 211 Å². The van der Waals surface area contributed by atoms with Gasteiger partial charge in [0.25, 0.3) is 0 Å². The van der Waals surface area contributed by atoms with Crippen molar-refractivity contribution in [1.82, 2.24) is 0 Å². The van der Waals surface area contributed by atoms with E-state index in [9.17, 15) is 10.0 Å². The van der Waals surface area contributed by atoms with Gasteiger partial charge in [-0.1, -0.05) is 194 Å². The summed E-state index contributed by atoms with van der Waals surface area (Å²) in [6, 6.07) is 71.4. The average molecular weight is 784 g/mol. The van der Waals surface area contributed by atoms with Crippen molar-refractivity contribution in [2.45, 2.75) is 0 Å². The van der Waals surface area contributed by atoms with Crippen LogP contribution in [0.5, 0.6) is 0 Å². The zero-order valence-electron chi connectivity index (χ0n) is 30.5. The lowest BCUT2D eigenvalue weighted by Gasteiger charge is -2.17. The maximum atomic E-state index is 10.1. The van der Waals surface area contributed by atoms with Gasteiger partial charge in [0.1, 0.15) is 0 Å². The number of halogens is 1. The van der Waals surface area contributed by atoms with Crippen molar-refractivity contribution < 1.29 is 10.0 Å². The van der Waals surface area contributed by atoms with E-state index in [1.165, 1.54) is 49.4 Å². The van der Waals surface area contributed by atoms with Crippen LogP contribution in [0.3, 0.4) is 0 Å². The molecular formula is C52H36BBrO2. The van der Waals surface area contributed by atoms with Crippen LogP contribution in [-0.2, 0) is 0 Å². The SMILES string of the molecule is Brc1c2ccccc2c(-c2cccc(-c3ccccc3)c2)c2ccccc12.OB(O)c1c2ccccc2c(-c2cccc(-c3ccccc3)c2)c2ccccc12. The Hall–Kier alpha value is -6.30. The van der Waals surface area contributed by atoms with Gasteiger partial charge < -0.3 is 10.0 Å². The van der Waals surface area contributed by atoms with E-state index in [4.69, 9.17) is 0 Å². The van der Waals surface area contributed by atoms with Crippen molar-refractivity contribution in [2.24, 2.45) is 0 Å². The molecule has 0 aromatic heterocycles. The summed E-state index contributed by atoms with van der Waals surface area (Å²) in [5.74, 6) is 0. The van der Waals surface area contributed by atoms with Crippen LogP contribution in [0, 0.1) is 0 Å². The molecule has 0 fully saturated rings. The average Bonchev–Trinajstić information content (AvgIpc) is 3.26. The van der Waals surface area contributed by atoms with Crippen molar-refractivity contribution in [3.8, 4) is 44.5 Å². The van der Waals surface area contributed by atoms with Gasteiger partial charge in [-0.15, -0.1) is 0 Å². The molecule has 10 aromatic carbocycles. The predicted molar refractivity (Wildman–Crippen MR) is 242 cm³/mol. The van der Waals surface area contributed by atoms with E-state index in [2.05, 4.69) is 168 Å². The first-order chi connectivity index (χ1) is 27.6. The van der Waals surface area contributed by atoms with E-state index < -0.39 is 7.12 Å². The van der Waals surface area contributed by atoms with Gasteiger partial charge >= 0.3 is 7.12 Å². The second-order valence-electron chi connectivity index (χ2n) is 13.9. The molecule has 10 rings (SSSR count). The summed E-state index contributed by atoms with van der Waals surface area (Å²) >= 11 is 3.84. The molecule has 0 unspecified atom stereocenters. The summed E-state index contributed by atoms with van der Waals surface area (Å²) in [6.07, 6.45) is 0.